The van der Waals surface area contributed by atoms with Crippen LogP contribution >= 0.6 is 11.3 Å². The van der Waals surface area contributed by atoms with Gasteiger partial charge in [-0.2, -0.15) is 5.10 Å². The maximum atomic E-state index is 13.7. The number of carbonyl (C=O) groups excluding carboxylic acids is 3. The van der Waals surface area contributed by atoms with Gasteiger partial charge < -0.3 is 24.7 Å². The minimum atomic E-state index is -1.80. The second-order valence-corrected chi connectivity index (χ2v) is 20.9. The van der Waals surface area contributed by atoms with Crippen molar-refractivity contribution >= 4 is 66.8 Å². The zero-order valence-corrected chi connectivity index (χ0v) is 41.7. The first-order chi connectivity index (χ1) is 35.0. The highest BCUT2D eigenvalue weighted by atomic mass is 32.1. The molecule has 4 aliphatic rings. The molecular formula is C56H61N9O6S. The Balaban J connectivity index is 0.663. The van der Waals surface area contributed by atoms with E-state index in [1.165, 1.54) is 29.9 Å². The quantitative estimate of drug-likeness (QED) is 0.0642. The van der Waals surface area contributed by atoms with Gasteiger partial charge in [0.25, 0.3) is 5.91 Å². The SMILES string of the molecule is Cc1c(O[C@H]2CC[C@@H](CCCN3CCN(c4ccc5c(C6CCC(=O)NC6=O)nn(C)c5c4)CC3)CC2)cccc1-c1ccc(N2CCc3cccc(C(=O)Nc4nc5ccccc5s4)c3C2)nc1C(O)O. The summed E-state index contributed by atoms with van der Waals surface area (Å²) in [7, 11) is 1.92. The van der Waals surface area contributed by atoms with Crippen LogP contribution in [-0.2, 0) is 29.6 Å². The van der Waals surface area contributed by atoms with Gasteiger partial charge in [0.15, 0.2) is 11.4 Å². The third kappa shape index (κ3) is 9.80. The summed E-state index contributed by atoms with van der Waals surface area (Å²) in [6.45, 7) is 8.20. The van der Waals surface area contributed by atoms with Crippen LogP contribution in [0.1, 0.15) is 102 Å². The van der Waals surface area contributed by atoms with Crippen LogP contribution in [0.25, 0.3) is 32.2 Å². The van der Waals surface area contributed by atoms with Gasteiger partial charge in [0.2, 0.25) is 11.8 Å². The lowest BCUT2D eigenvalue weighted by molar-refractivity contribution is -0.134. The van der Waals surface area contributed by atoms with Crippen LogP contribution in [0.15, 0.2) is 91.0 Å². The summed E-state index contributed by atoms with van der Waals surface area (Å²) in [6.07, 6.45) is 6.55. The van der Waals surface area contributed by atoms with Crippen LogP contribution in [0.3, 0.4) is 0 Å². The number of thiazole rings is 1. The zero-order chi connectivity index (χ0) is 49.5. The number of anilines is 3. The smallest absolute Gasteiger partial charge is 0.257 e. The highest BCUT2D eigenvalue weighted by Crippen LogP contribution is 2.39. The number of carbonyl (C=O) groups is 3. The number of nitrogens with one attached hydrogen (secondary N) is 2. The van der Waals surface area contributed by atoms with Gasteiger partial charge in [-0.3, -0.25) is 34.6 Å². The second-order valence-electron chi connectivity index (χ2n) is 19.9. The van der Waals surface area contributed by atoms with Gasteiger partial charge >= 0.3 is 0 Å². The van der Waals surface area contributed by atoms with Crippen LogP contribution in [-0.4, -0.2) is 98.0 Å². The fourth-order valence-corrected chi connectivity index (χ4v) is 12.3. The van der Waals surface area contributed by atoms with Crippen molar-refractivity contribution in [3.8, 4) is 16.9 Å². The Kier molecular flexibility index (Phi) is 13.5. The number of pyridine rings is 1. The first-order valence-electron chi connectivity index (χ1n) is 25.5. The van der Waals surface area contributed by atoms with E-state index >= 15 is 0 Å². The van der Waals surface area contributed by atoms with Gasteiger partial charge in [-0.1, -0.05) is 47.7 Å². The summed E-state index contributed by atoms with van der Waals surface area (Å²) in [5.41, 5.74) is 8.97. The third-order valence-corrected chi connectivity index (χ3v) is 16.4. The van der Waals surface area contributed by atoms with Gasteiger partial charge in [-0.05, 0) is 148 Å². The fourth-order valence-electron chi connectivity index (χ4n) is 11.4. The summed E-state index contributed by atoms with van der Waals surface area (Å²) >= 11 is 1.45. The molecule has 4 aromatic carbocycles. The van der Waals surface area contributed by atoms with Crippen molar-refractivity contribution < 1.29 is 29.3 Å². The Hall–Kier alpha value is -6.72. The molecule has 1 saturated carbocycles. The molecule has 4 N–H and O–H groups in total. The molecule has 0 radical (unpaired) electrons. The molecule has 3 amide bonds. The standard InChI is InChI=1S/C56H61N9O6S/c1-34-39(40-21-23-49(58-52(40)55(69)70)65-27-25-36-9-5-11-41(44(36)33-65)53(67)60-56-57-45-12-3-4-14-48(45)72-56)10-6-13-47(34)71-38-18-15-35(16-19-38)8-7-26-63-28-30-64(31-29-63)37-17-20-42-46(32-37)62(2)61-51(42)43-22-24-50(66)59-54(43)68/h3-6,9-14,17,20-21,23,32,35,38,43,55,69-70H,7-8,15-16,18-19,22,24-31,33H2,1-2H3,(H,57,60,67)(H,59,66,68)/t35-,38+,43?. The van der Waals surface area contributed by atoms with E-state index in [0.29, 0.717) is 60.3 Å². The van der Waals surface area contributed by atoms with E-state index in [0.717, 1.165) is 113 Å². The number of benzene rings is 4. The average molecular weight is 988 g/mol. The number of rotatable bonds is 13. The van der Waals surface area contributed by atoms with E-state index in [2.05, 4.69) is 54.6 Å². The number of amides is 3. The largest absolute Gasteiger partial charge is 0.490 e. The van der Waals surface area contributed by atoms with Crippen LogP contribution in [0.5, 0.6) is 5.75 Å². The molecule has 3 aliphatic heterocycles. The zero-order valence-electron chi connectivity index (χ0n) is 40.8. The predicted molar refractivity (Wildman–Crippen MR) is 280 cm³/mol. The summed E-state index contributed by atoms with van der Waals surface area (Å²) in [6, 6.07) is 29.9. The summed E-state index contributed by atoms with van der Waals surface area (Å²) in [5.74, 6) is 1.01. The van der Waals surface area contributed by atoms with Crippen molar-refractivity contribution in [1.29, 1.82) is 0 Å². The molecule has 2 saturated heterocycles. The first-order valence-corrected chi connectivity index (χ1v) is 26.3. The van der Waals surface area contributed by atoms with Crippen LogP contribution in [0.2, 0.25) is 0 Å². The highest BCUT2D eigenvalue weighted by Gasteiger charge is 2.33. The number of hydrogen-bond donors (Lipinski definition) is 4. The number of aromatic nitrogens is 4. The predicted octanol–water partition coefficient (Wildman–Crippen LogP) is 8.41. The normalized spacial score (nSPS) is 19.8. The number of piperazine rings is 1. The Bertz CT molecular complexity index is 3140. The van der Waals surface area contributed by atoms with Crippen molar-refractivity contribution in [2.24, 2.45) is 13.0 Å². The minimum absolute atomic E-state index is 0.122. The Morgan fingerprint density at radius 1 is 0.861 bits per heavy atom. The molecule has 72 heavy (non-hydrogen) atoms. The topological polar surface area (TPSA) is 178 Å². The molecule has 3 fully saturated rings. The van der Waals surface area contributed by atoms with Crippen LogP contribution in [0.4, 0.5) is 16.6 Å². The molecule has 6 heterocycles. The van der Waals surface area contributed by atoms with Crippen LogP contribution in [0, 0.1) is 12.8 Å². The molecule has 7 aromatic rings. The number of imide groups is 1. The van der Waals surface area contributed by atoms with Crippen molar-refractivity contribution in [1.82, 2.24) is 30.0 Å². The maximum absolute atomic E-state index is 13.7. The van der Waals surface area contributed by atoms with Gasteiger partial charge in [-0.25, -0.2) is 9.97 Å². The van der Waals surface area contributed by atoms with Crippen LogP contribution < -0.4 is 25.2 Å². The average Bonchev–Trinajstić information content (AvgIpc) is 3.96. The van der Waals surface area contributed by atoms with E-state index in [4.69, 9.17) is 14.8 Å². The van der Waals surface area contributed by atoms with E-state index in [1.54, 1.807) is 0 Å². The number of piperidine rings is 1. The van der Waals surface area contributed by atoms with E-state index in [9.17, 15) is 24.6 Å². The number of ether oxygens (including phenoxy) is 1. The van der Waals surface area contributed by atoms with Gasteiger partial charge in [0.05, 0.1) is 33.4 Å². The lowest BCUT2D eigenvalue weighted by Gasteiger charge is -2.36. The number of aryl methyl sites for hydroxylation is 1. The Morgan fingerprint density at radius 2 is 1.68 bits per heavy atom. The summed E-state index contributed by atoms with van der Waals surface area (Å²) < 4.78 is 9.58. The molecule has 1 atom stereocenters. The number of aliphatic hydroxyl groups is 2. The lowest BCUT2D eigenvalue weighted by atomic mass is 9.84. The number of nitrogens with zero attached hydrogens (tertiary/aromatic N) is 7. The van der Waals surface area contributed by atoms with Crippen molar-refractivity contribution in [3.05, 3.63) is 125 Å². The van der Waals surface area contributed by atoms with Crippen molar-refractivity contribution in [2.75, 3.05) is 54.4 Å². The van der Waals surface area contributed by atoms with Crippen molar-refractivity contribution in [3.63, 3.8) is 0 Å². The Labute approximate surface area is 422 Å². The van der Waals surface area contributed by atoms with Gasteiger partial charge in [-0.15, -0.1) is 0 Å². The molecule has 372 valence electrons. The maximum Gasteiger partial charge on any atom is 0.257 e. The monoisotopic (exact) mass is 987 g/mol. The van der Waals surface area contributed by atoms with Gasteiger partial charge in [0.1, 0.15) is 17.3 Å². The van der Waals surface area contributed by atoms with E-state index < -0.39 is 12.2 Å². The van der Waals surface area contributed by atoms with E-state index in [1.807, 2.05) is 85.4 Å². The molecule has 0 bridgehead atoms. The Morgan fingerprint density at radius 3 is 2.49 bits per heavy atom. The molecule has 1 aliphatic carbocycles. The molecular weight excluding hydrogens is 927 g/mol. The summed E-state index contributed by atoms with van der Waals surface area (Å²) in [4.78, 5) is 54.6. The molecule has 16 heteroatoms. The van der Waals surface area contributed by atoms with Crippen molar-refractivity contribution in [2.45, 2.75) is 89.6 Å². The number of fused-ring (bicyclic) bond motifs is 3. The summed E-state index contributed by atoms with van der Waals surface area (Å²) in [5, 5.41) is 33.2. The molecule has 3 aromatic heterocycles. The second kappa shape index (κ2) is 20.4. The lowest BCUT2D eigenvalue weighted by Crippen LogP contribution is -2.46. The number of para-hydroxylation sites is 1. The van der Waals surface area contributed by atoms with E-state index in [-0.39, 0.29) is 29.5 Å². The highest BCUT2D eigenvalue weighted by molar-refractivity contribution is 7.22. The number of aliphatic hydroxyl groups excluding tert-OH is 1. The molecule has 15 nitrogen and oxygen atoms in total. The third-order valence-electron chi connectivity index (χ3n) is 15.4. The fraction of sp³-hybridized carbons (Fsp3) is 0.393. The molecule has 0 spiro atoms. The minimum Gasteiger partial charge on any atom is -0.490 e. The molecule has 1 unspecified atom stereocenters. The number of hydrogen-bond acceptors (Lipinski definition) is 13. The first kappa shape index (κ1) is 47.6. The van der Waals surface area contributed by atoms with Gasteiger partial charge in [0, 0.05) is 74.9 Å². The molecule has 11 rings (SSSR count).